The molecule has 1 unspecified atom stereocenters. The van der Waals surface area contributed by atoms with E-state index >= 15 is 4.39 Å². The monoisotopic (exact) mass is 461 g/mol. The molecule has 9 heteroatoms. The van der Waals surface area contributed by atoms with Gasteiger partial charge in [-0.1, -0.05) is 32.1 Å². The number of anilines is 1. The van der Waals surface area contributed by atoms with Gasteiger partial charge in [-0.25, -0.2) is 14.0 Å². The van der Waals surface area contributed by atoms with Crippen LogP contribution in [0.1, 0.15) is 70.3 Å². The highest BCUT2D eigenvalue weighted by molar-refractivity contribution is 5.82. The third kappa shape index (κ3) is 4.83. The van der Waals surface area contributed by atoms with Crippen LogP contribution in [-0.4, -0.2) is 39.5 Å². The van der Waals surface area contributed by atoms with Gasteiger partial charge in [0.2, 0.25) is 0 Å². The number of benzene rings is 1. The fourth-order valence-corrected chi connectivity index (χ4v) is 5.28. The van der Waals surface area contributed by atoms with Crippen LogP contribution < -0.4 is 16.6 Å². The molecule has 180 valence electrons. The largest absolute Gasteiger partial charge is 0.479 e. The number of halogens is 1. The van der Waals surface area contributed by atoms with Crippen LogP contribution in [0.3, 0.4) is 0 Å². The Balaban J connectivity index is 1.80. The minimum absolute atomic E-state index is 0.0407. The van der Waals surface area contributed by atoms with E-state index in [4.69, 9.17) is 4.74 Å². The first-order valence-corrected chi connectivity index (χ1v) is 11.9. The lowest BCUT2D eigenvalue weighted by molar-refractivity contribution is -0.149. The van der Waals surface area contributed by atoms with E-state index in [0.29, 0.717) is 11.2 Å². The van der Waals surface area contributed by atoms with E-state index in [1.807, 2.05) is 0 Å². The smallest absolute Gasteiger partial charge is 0.332 e. The molecule has 1 atom stereocenters. The molecule has 8 nitrogen and oxygen atoms in total. The van der Waals surface area contributed by atoms with Gasteiger partial charge in [-0.15, -0.1) is 0 Å². The molecule has 2 aliphatic carbocycles. The van der Waals surface area contributed by atoms with Crippen LogP contribution in [0.2, 0.25) is 0 Å². The molecule has 0 saturated heterocycles. The van der Waals surface area contributed by atoms with Gasteiger partial charge in [0.05, 0.1) is 16.6 Å². The maximum absolute atomic E-state index is 15.1. The van der Waals surface area contributed by atoms with Gasteiger partial charge in [0, 0.05) is 32.2 Å². The Bertz CT molecular complexity index is 1130. The molecule has 2 fully saturated rings. The number of nitrogens with zero attached hydrogens (tertiary/aromatic N) is 2. The van der Waals surface area contributed by atoms with Crippen molar-refractivity contribution >= 4 is 22.6 Å². The van der Waals surface area contributed by atoms with Crippen molar-refractivity contribution in [2.75, 3.05) is 12.4 Å². The summed E-state index contributed by atoms with van der Waals surface area (Å²) in [5.74, 6) is -1.68. The highest BCUT2D eigenvalue weighted by Gasteiger charge is 2.26. The number of hydrogen-bond acceptors (Lipinski definition) is 5. The van der Waals surface area contributed by atoms with E-state index in [2.05, 4.69) is 5.32 Å². The van der Waals surface area contributed by atoms with Gasteiger partial charge in [-0.3, -0.25) is 13.9 Å². The summed E-state index contributed by atoms with van der Waals surface area (Å²) in [6, 6.07) is 2.94. The zero-order valence-corrected chi connectivity index (χ0v) is 19.0. The van der Waals surface area contributed by atoms with Gasteiger partial charge in [0.1, 0.15) is 5.82 Å². The number of aromatic nitrogens is 2. The summed E-state index contributed by atoms with van der Waals surface area (Å²) in [5, 5.41) is 12.7. The van der Waals surface area contributed by atoms with E-state index in [1.54, 1.807) is 10.6 Å². The van der Waals surface area contributed by atoms with Crippen LogP contribution in [0.5, 0.6) is 0 Å². The van der Waals surface area contributed by atoms with E-state index in [1.165, 1.54) is 19.6 Å². The molecule has 2 aromatic rings. The Morgan fingerprint density at radius 3 is 2.45 bits per heavy atom. The Kier molecular flexibility index (Phi) is 7.17. The van der Waals surface area contributed by atoms with Gasteiger partial charge in [-0.2, -0.15) is 0 Å². The van der Waals surface area contributed by atoms with E-state index in [9.17, 15) is 19.5 Å². The first-order valence-electron chi connectivity index (χ1n) is 11.9. The van der Waals surface area contributed by atoms with Gasteiger partial charge in [0.15, 0.2) is 6.10 Å². The number of rotatable bonds is 8. The van der Waals surface area contributed by atoms with Crippen molar-refractivity contribution in [1.29, 1.82) is 0 Å². The van der Waals surface area contributed by atoms with Gasteiger partial charge in [0.25, 0.3) is 5.56 Å². The van der Waals surface area contributed by atoms with Crippen LogP contribution in [0.4, 0.5) is 10.1 Å². The molecule has 0 radical (unpaired) electrons. The molecule has 2 aliphatic rings. The number of aliphatic carboxylic acids is 1. The molecule has 0 amide bonds. The Labute approximate surface area is 191 Å². The molecule has 0 aliphatic heterocycles. The summed E-state index contributed by atoms with van der Waals surface area (Å²) >= 11 is 0. The predicted octanol–water partition coefficient (Wildman–Crippen LogP) is 3.65. The van der Waals surface area contributed by atoms with Crippen molar-refractivity contribution in [3.8, 4) is 0 Å². The van der Waals surface area contributed by atoms with E-state index < -0.39 is 29.1 Å². The molecule has 0 bridgehead atoms. The lowest BCUT2D eigenvalue weighted by Gasteiger charge is -2.25. The van der Waals surface area contributed by atoms with Crippen molar-refractivity contribution in [2.24, 2.45) is 0 Å². The first kappa shape index (κ1) is 23.5. The average molecular weight is 462 g/mol. The maximum Gasteiger partial charge on any atom is 0.332 e. The molecular formula is C24H32FN3O5. The van der Waals surface area contributed by atoms with Gasteiger partial charge < -0.3 is 15.2 Å². The van der Waals surface area contributed by atoms with Crippen LogP contribution in [0.25, 0.3) is 10.9 Å². The van der Waals surface area contributed by atoms with Crippen molar-refractivity contribution < 1.29 is 19.0 Å². The van der Waals surface area contributed by atoms with Crippen molar-refractivity contribution in [1.82, 2.24) is 9.13 Å². The highest BCUT2D eigenvalue weighted by Crippen LogP contribution is 2.32. The number of fused-ring (bicyclic) bond motifs is 1. The number of carboxylic acid groups (broad SMARTS) is 1. The number of carboxylic acids is 1. The number of carbonyl (C=O) groups is 1. The molecule has 2 saturated carbocycles. The predicted molar refractivity (Wildman–Crippen MR) is 123 cm³/mol. The lowest BCUT2D eigenvalue weighted by Crippen LogP contribution is -2.42. The summed E-state index contributed by atoms with van der Waals surface area (Å²) in [6.07, 6.45) is 7.74. The zero-order valence-electron chi connectivity index (χ0n) is 19.0. The topological polar surface area (TPSA) is 103 Å². The quantitative estimate of drug-likeness (QED) is 0.622. The van der Waals surface area contributed by atoms with Crippen LogP contribution in [-0.2, 0) is 16.1 Å². The molecule has 33 heavy (non-hydrogen) atoms. The average Bonchev–Trinajstić information content (AvgIpc) is 3.32. The molecule has 1 aromatic heterocycles. The lowest BCUT2D eigenvalue weighted by atomic mass is 9.95. The summed E-state index contributed by atoms with van der Waals surface area (Å²) in [4.78, 5) is 38.0. The number of nitrogens with one attached hydrogen (secondary N) is 1. The third-order valence-electron chi connectivity index (χ3n) is 7.09. The Morgan fingerprint density at radius 2 is 1.82 bits per heavy atom. The fraction of sp³-hybridized carbons (Fsp3) is 0.625. The zero-order chi connectivity index (χ0) is 23.5. The Hall–Kier alpha value is -2.68. The first-order chi connectivity index (χ1) is 15.9. The Morgan fingerprint density at radius 1 is 1.15 bits per heavy atom. The third-order valence-corrected chi connectivity index (χ3v) is 7.09. The van der Waals surface area contributed by atoms with Gasteiger partial charge >= 0.3 is 11.7 Å². The van der Waals surface area contributed by atoms with Crippen LogP contribution in [0, 0.1) is 5.82 Å². The second kappa shape index (κ2) is 10.1. The van der Waals surface area contributed by atoms with Gasteiger partial charge in [-0.05, 0) is 37.8 Å². The maximum atomic E-state index is 15.1. The molecule has 2 N–H and O–H groups in total. The van der Waals surface area contributed by atoms with E-state index in [0.717, 1.165) is 55.9 Å². The molecular weight excluding hydrogens is 429 g/mol. The molecule has 1 heterocycles. The summed E-state index contributed by atoms with van der Waals surface area (Å²) in [6.45, 7) is -0.116. The van der Waals surface area contributed by atoms with Crippen molar-refractivity contribution in [2.45, 2.75) is 88.9 Å². The van der Waals surface area contributed by atoms with Crippen molar-refractivity contribution in [3.05, 3.63) is 38.8 Å². The number of hydrogen-bond donors (Lipinski definition) is 2. The van der Waals surface area contributed by atoms with E-state index in [-0.39, 0.29) is 30.4 Å². The van der Waals surface area contributed by atoms with Crippen molar-refractivity contribution in [3.63, 3.8) is 0 Å². The second-order valence-corrected chi connectivity index (χ2v) is 9.23. The molecule has 4 rings (SSSR count). The van der Waals surface area contributed by atoms with Crippen LogP contribution in [0.15, 0.2) is 21.7 Å². The number of ether oxygens (including phenoxy) is 1. The normalized spacial score (nSPS) is 18.6. The fourth-order valence-electron chi connectivity index (χ4n) is 5.28. The second-order valence-electron chi connectivity index (χ2n) is 9.23. The summed E-state index contributed by atoms with van der Waals surface area (Å²) in [7, 11) is 1.27. The number of methoxy groups -OCH3 is 1. The van der Waals surface area contributed by atoms with Crippen LogP contribution >= 0.6 is 0 Å². The SMILES string of the molecule is COC(CCn1c(=O)c2cc(F)c(NC3CCCCC3)cc2n(C2CCCC2)c1=O)C(=O)O. The minimum atomic E-state index is -1.16. The minimum Gasteiger partial charge on any atom is -0.479 e. The highest BCUT2D eigenvalue weighted by atomic mass is 19.1. The standard InChI is InChI=1S/C24H32FN3O5/c1-33-21(23(30)31)11-12-27-22(29)17-13-18(25)19(26-15-7-3-2-4-8-15)14-20(17)28(24(27)32)16-9-5-6-10-16/h13-16,21,26H,2-12H2,1H3,(H,30,31). The molecule has 0 spiro atoms. The summed E-state index contributed by atoms with van der Waals surface area (Å²) in [5.41, 5.74) is -0.320. The molecule has 1 aromatic carbocycles. The summed E-state index contributed by atoms with van der Waals surface area (Å²) < 4.78 is 22.7.